The van der Waals surface area contributed by atoms with Crippen LogP contribution in [0.1, 0.15) is 6.42 Å². The van der Waals surface area contributed by atoms with Gasteiger partial charge < -0.3 is 15.7 Å². The Balaban J connectivity index is 2.26. The maximum absolute atomic E-state index is 13.4. The highest BCUT2D eigenvalue weighted by Gasteiger charge is 2.22. The fraction of sp³-hybridized carbons (Fsp3) is 0.154. The smallest absolute Gasteiger partial charge is 0.256 e. The molecule has 1 heterocycles. The number of hydrogen-bond acceptors (Lipinski definition) is 3. The van der Waals surface area contributed by atoms with Crippen molar-refractivity contribution in [2.45, 2.75) is 6.42 Å². The molecular formula is C13H12BrFN2O2. The van der Waals surface area contributed by atoms with Gasteiger partial charge in [0.25, 0.3) is 5.91 Å². The fourth-order valence-electron chi connectivity index (χ4n) is 1.78. The van der Waals surface area contributed by atoms with E-state index in [-0.39, 0.29) is 21.5 Å². The average Bonchev–Trinajstić information content (AvgIpc) is 2.35. The molecule has 1 aliphatic rings. The molecule has 0 unspecified atom stereocenters. The minimum Gasteiger partial charge on any atom is -0.511 e. The summed E-state index contributed by atoms with van der Waals surface area (Å²) in [6.07, 6.45) is 0.353. The van der Waals surface area contributed by atoms with Crippen LogP contribution in [0.4, 0.5) is 10.1 Å². The number of rotatable bonds is 3. The van der Waals surface area contributed by atoms with E-state index in [0.29, 0.717) is 18.7 Å². The molecule has 1 aromatic carbocycles. The van der Waals surface area contributed by atoms with Crippen LogP contribution in [0, 0.1) is 5.82 Å². The predicted molar refractivity (Wildman–Crippen MR) is 74.1 cm³/mol. The summed E-state index contributed by atoms with van der Waals surface area (Å²) in [7, 11) is 0. The van der Waals surface area contributed by atoms with Crippen LogP contribution in [0.15, 0.2) is 46.3 Å². The van der Waals surface area contributed by atoms with E-state index in [0.717, 1.165) is 0 Å². The number of benzene rings is 1. The van der Waals surface area contributed by atoms with Gasteiger partial charge in [-0.25, -0.2) is 4.39 Å². The lowest BCUT2D eigenvalue weighted by Crippen LogP contribution is -2.33. The molecule has 1 aliphatic heterocycles. The van der Waals surface area contributed by atoms with E-state index in [4.69, 9.17) is 0 Å². The normalized spacial score (nSPS) is 15.2. The standard InChI is InChI=1S/C13H12BrFN2O2/c1-7(11-10(18)5-6-16-13(11)19)17-9-4-2-3-8(15)12(9)14/h2-4,17-18H,1,5-6H2,(H,16,19). The molecule has 6 heteroatoms. The highest BCUT2D eigenvalue weighted by atomic mass is 79.9. The van der Waals surface area contributed by atoms with Crippen LogP contribution in [0.2, 0.25) is 0 Å². The monoisotopic (exact) mass is 326 g/mol. The molecule has 2 rings (SSSR count). The first kappa shape index (κ1) is 13.6. The number of aliphatic hydroxyl groups is 1. The summed E-state index contributed by atoms with van der Waals surface area (Å²) in [6.45, 7) is 4.11. The molecule has 4 nitrogen and oxygen atoms in total. The lowest BCUT2D eigenvalue weighted by Gasteiger charge is -2.19. The molecule has 0 saturated heterocycles. The van der Waals surface area contributed by atoms with Gasteiger partial charge in [0, 0.05) is 18.7 Å². The second kappa shape index (κ2) is 5.44. The van der Waals surface area contributed by atoms with E-state index in [1.165, 1.54) is 12.1 Å². The molecule has 100 valence electrons. The third-order valence-electron chi connectivity index (χ3n) is 2.70. The highest BCUT2D eigenvalue weighted by molar-refractivity contribution is 9.10. The van der Waals surface area contributed by atoms with E-state index in [1.54, 1.807) is 6.07 Å². The van der Waals surface area contributed by atoms with Crippen molar-refractivity contribution in [2.24, 2.45) is 0 Å². The Morgan fingerprint density at radius 3 is 2.95 bits per heavy atom. The molecule has 1 aromatic rings. The number of nitrogens with one attached hydrogen (secondary N) is 2. The summed E-state index contributed by atoms with van der Waals surface area (Å²) in [6, 6.07) is 4.48. The van der Waals surface area contributed by atoms with E-state index >= 15 is 0 Å². The summed E-state index contributed by atoms with van der Waals surface area (Å²) < 4.78 is 13.6. The largest absolute Gasteiger partial charge is 0.511 e. The van der Waals surface area contributed by atoms with Crippen molar-refractivity contribution < 1.29 is 14.3 Å². The van der Waals surface area contributed by atoms with Crippen molar-refractivity contribution in [1.29, 1.82) is 0 Å². The first-order chi connectivity index (χ1) is 9.00. The summed E-state index contributed by atoms with van der Waals surface area (Å²) >= 11 is 3.11. The second-order valence-electron chi connectivity index (χ2n) is 4.03. The zero-order valence-electron chi connectivity index (χ0n) is 9.96. The molecule has 0 bridgehead atoms. The van der Waals surface area contributed by atoms with Crippen LogP contribution in [0.5, 0.6) is 0 Å². The van der Waals surface area contributed by atoms with Crippen molar-refractivity contribution >= 4 is 27.5 Å². The van der Waals surface area contributed by atoms with Crippen LogP contribution in [-0.2, 0) is 4.79 Å². The maximum Gasteiger partial charge on any atom is 0.256 e. The van der Waals surface area contributed by atoms with Crippen LogP contribution >= 0.6 is 15.9 Å². The maximum atomic E-state index is 13.4. The molecule has 0 saturated carbocycles. The summed E-state index contributed by atoms with van der Waals surface area (Å²) in [5.74, 6) is -0.841. The molecule has 0 atom stereocenters. The minimum atomic E-state index is -0.427. The van der Waals surface area contributed by atoms with Gasteiger partial charge in [-0.15, -0.1) is 0 Å². The summed E-state index contributed by atoms with van der Waals surface area (Å²) in [4.78, 5) is 11.7. The van der Waals surface area contributed by atoms with Crippen LogP contribution in [0.3, 0.4) is 0 Å². The Hall–Kier alpha value is -1.82. The van der Waals surface area contributed by atoms with Gasteiger partial charge >= 0.3 is 0 Å². The molecule has 0 fully saturated rings. The van der Waals surface area contributed by atoms with E-state index in [2.05, 4.69) is 33.1 Å². The van der Waals surface area contributed by atoms with E-state index in [9.17, 15) is 14.3 Å². The molecule has 19 heavy (non-hydrogen) atoms. The number of halogens is 2. The molecule has 3 N–H and O–H groups in total. The minimum absolute atomic E-state index is 0.0197. The molecule has 1 amide bonds. The number of hydrogen-bond donors (Lipinski definition) is 3. The lowest BCUT2D eigenvalue weighted by atomic mass is 10.1. The predicted octanol–water partition coefficient (Wildman–Crippen LogP) is 2.85. The van der Waals surface area contributed by atoms with Crippen molar-refractivity contribution in [2.75, 3.05) is 11.9 Å². The Morgan fingerprint density at radius 2 is 2.26 bits per heavy atom. The van der Waals surface area contributed by atoms with Crippen molar-refractivity contribution in [1.82, 2.24) is 5.32 Å². The van der Waals surface area contributed by atoms with Gasteiger partial charge in [0.1, 0.15) is 11.6 Å². The third kappa shape index (κ3) is 2.78. The van der Waals surface area contributed by atoms with E-state index in [1.807, 2.05) is 0 Å². The Kier molecular flexibility index (Phi) is 3.90. The molecular weight excluding hydrogens is 315 g/mol. The van der Waals surface area contributed by atoms with Crippen LogP contribution in [-0.4, -0.2) is 17.6 Å². The number of carbonyl (C=O) groups excluding carboxylic acids is 1. The van der Waals surface area contributed by atoms with Gasteiger partial charge in [-0.1, -0.05) is 12.6 Å². The summed E-state index contributed by atoms with van der Waals surface area (Å²) in [5, 5.41) is 15.2. The first-order valence-corrected chi connectivity index (χ1v) is 6.40. The number of amides is 1. The molecule has 0 aliphatic carbocycles. The fourth-order valence-corrected chi connectivity index (χ4v) is 2.14. The SMILES string of the molecule is C=C(Nc1cccc(F)c1Br)C1=C(O)CCNC1=O. The zero-order valence-corrected chi connectivity index (χ0v) is 11.6. The molecule has 0 radical (unpaired) electrons. The quantitative estimate of drug-likeness (QED) is 0.800. The number of anilines is 1. The third-order valence-corrected chi connectivity index (χ3v) is 3.51. The molecule has 0 aromatic heterocycles. The lowest BCUT2D eigenvalue weighted by molar-refractivity contribution is -0.117. The Bertz CT molecular complexity index is 584. The Labute approximate surface area is 118 Å². The first-order valence-electron chi connectivity index (χ1n) is 5.61. The van der Waals surface area contributed by atoms with Gasteiger partial charge in [-0.3, -0.25) is 4.79 Å². The Morgan fingerprint density at radius 1 is 1.53 bits per heavy atom. The topological polar surface area (TPSA) is 61.4 Å². The van der Waals surface area contributed by atoms with Gasteiger partial charge in [0.05, 0.1) is 15.7 Å². The van der Waals surface area contributed by atoms with Crippen molar-refractivity contribution in [3.05, 3.63) is 52.1 Å². The van der Waals surface area contributed by atoms with Crippen LogP contribution < -0.4 is 10.6 Å². The van der Waals surface area contributed by atoms with E-state index < -0.39 is 11.7 Å². The number of aliphatic hydroxyl groups excluding tert-OH is 1. The van der Waals surface area contributed by atoms with Gasteiger partial charge in [0.2, 0.25) is 0 Å². The van der Waals surface area contributed by atoms with Gasteiger partial charge in [-0.2, -0.15) is 0 Å². The zero-order chi connectivity index (χ0) is 14.0. The van der Waals surface area contributed by atoms with Crippen LogP contribution in [0.25, 0.3) is 0 Å². The number of carbonyl (C=O) groups is 1. The van der Waals surface area contributed by atoms with Crippen molar-refractivity contribution in [3.63, 3.8) is 0 Å². The average molecular weight is 327 g/mol. The second-order valence-corrected chi connectivity index (χ2v) is 4.83. The summed E-state index contributed by atoms with van der Waals surface area (Å²) in [5.41, 5.74) is 0.757. The van der Waals surface area contributed by atoms with Gasteiger partial charge in [-0.05, 0) is 28.1 Å². The molecule has 0 spiro atoms. The van der Waals surface area contributed by atoms with Crippen molar-refractivity contribution in [3.8, 4) is 0 Å². The van der Waals surface area contributed by atoms with Gasteiger partial charge in [0.15, 0.2) is 0 Å². The highest BCUT2D eigenvalue weighted by Crippen LogP contribution is 2.28.